The third kappa shape index (κ3) is 3.98. The van der Waals surface area contributed by atoms with Gasteiger partial charge in [0.05, 0.1) is 17.2 Å². The van der Waals surface area contributed by atoms with Crippen LogP contribution in [0.25, 0.3) is 6.08 Å². The minimum Gasteiger partial charge on any atom is -0.467 e. The molecule has 0 bridgehead atoms. The minimum absolute atomic E-state index is 0.00777. The van der Waals surface area contributed by atoms with Gasteiger partial charge >= 0.3 is 0 Å². The fraction of sp³-hybridized carbons (Fsp3) is 0.118. The molecule has 0 aliphatic carbocycles. The molecule has 0 radical (unpaired) electrons. The average Bonchev–Trinajstić information content (AvgIpc) is 2.61. The summed E-state index contributed by atoms with van der Waals surface area (Å²) in [6.45, 7) is 0.174. The number of nitrogens with one attached hydrogen (secondary N) is 1. The van der Waals surface area contributed by atoms with Crippen LogP contribution >= 0.6 is 11.6 Å². The van der Waals surface area contributed by atoms with Crippen LogP contribution in [-0.4, -0.2) is 17.6 Å². The van der Waals surface area contributed by atoms with Crippen LogP contribution in [0.15, 0.2) is 36.4 Å². The Bertz CT molecular complexity index is 916. The molecular formula is C17H12ClFN2O5. The zero-order chi connectivity index (χ0) is 18.7. The van der Waals surface area contributed by atoms with Crippen LogP contribution in [0.3, 0.4) is 0 Å². The summed E-state index contributed by atoms with van der Waals surface area (Å²) in [4.78, 5) is 22.5. The summed E-state index contributed by atoms with van der Waals surface area (Å²) in [5.41, 5.74) is 0.676. The molecule has 26 heavy (non-hydrogen) atoms. The van der Waals surface area contributed by atoms with Gasteiger partial charge in [-0.3, -0.25) is 14.9 Å². The van der Waals surface area contributed by atoms with Gasteiger partial charge < -0.3 is 14.8 Å². The Labute approximate surface area is 152 Å². The lowest BCUT2D eigenvalue weighted by molar-refractivity contribution is -0.385. The van der Waals surface area contributed by atoms with Crippen molar-refractivity contribution in [3.8, 4) is 5.75 Å². The second kappa shape index (κ2) is 7.51. The Morgan fingerprint density at radius 1 is 1.35 bits per heavy atom. The van der Waals surface area contributed by atoms with Gasteiger partial charge in [0, 0.05) is 34.4 Å². The van der Waals surface area contributed by atoms with Crippen molar-refractivity contribution in [2.75, 3.05) is 12.1 Å². The Morgan fingerprint density at radius 3 is 2.88 bits per heavy atom. The molecule has 0 fully saturated rings. The monoisotopic (exact) mass is 378 g/mol. The van der Waals surface area contributed by atoms with Crippen molar-refractivity contribution in [2.24, 2.45) is 0 Å². The number of rotatable bonds is 4. The number of hydrogen-bond acceptors (Lipinski definition) is 5. The van der Waals surface area contributed by atoms with E-state index in [2.05, 4.69) is 5.32 Å². The van der Waals surface area contributed by atoms with E-state index >= 15 is 0 Å². The fourth-order valence-corrected chi connectivity index (χ4v) is 2.55. The molecule has 1 N–H and O–H groups in total. The highest BCUT2D eigenvalue weighted by molar-refractivity contribution is 6.30. The summed E-state index contributed by atoms with van der Waals surface area (Å²) in [6.07, 6.45) is 2.49. The zero-order valence-corrected chi connectivity index (χ0v) is 14.0. The Balaban J connectivity index is 1.84. The molecule has 1 aliphatic rings. The van der Waals surface area contributed by atoms with Crippen molar-refractivity contribution in [3.05, 3.63) is 68.5 Å². The second-order valence-corrected chi connectivity index (χ2v) is 5.77. The number of halogens is 2. The molecule has 7 nitrogen and oxygen atoms in total. The van der Waals surface area contributed by atoms with Crippen LogP contribution in [-0.2, 0) is 16.1 Å². The lowest BCUT2D eigenvalue weighted by Crippen LogP contribution is -2.13. The lowest BCUT2D eigenvalue weighted by atomic mass is 10.1. The van der Waals surface area contributed by atoms with Crippen LogP contribution < -0.4 is 10.1 Å². The molecule has 2 aromatic rings. The van der Waals surface area contributed by atoms with E-state index in [9.17, 15) is 19.3 Å². The summed E-state index contributed by atoms with van der Waals surface area (Å²) < 4.78 is 24.2. The molecule has 1 aliphatic heterocycles. The number of non-ortho nitro benzene ring substituents is 1. The van der Waals surface area contributed by atoms with E-state index in [0.29, 0.717) is 16.9 Å². The highest BCUT2D eigenvalue weighted by Crippen LogP contribution is 2.33. The van der Waals surface area contributed by atoms with Crippen molar-refractivity contribution in [2.45, 2.75) is 6.61 Å². The van der Waals surface area contributed by atoms with Crippen molar-refractivity contribution in [1.82, 2.24) is 0 Å². The molecule has 0 spiro atoms. The van der Waals surface area contributed by atoms with Crippen molar-refractivity contribution in [3.63, 3.8) is 0 Å². The molecule has 0 atom stereocenters. The minimum atomic E-state index is -0.674. The van der Waals surface area contributed by atoms with Gasteiger partial charge in [0.1, 0.15) is 11.6 Å². The number of hydrogen-bond donors (Lipinski definition) is 1. The van der Waals surface area contributed by atoms with Crippen LogP contribution in [0.5, 0.6) is 5.75 Å². The molecule has 0 unspecified atom stereocenters. The molecule has 0 saturated heterocycles. The van der Waals surface area contributed by atoms with E-state index in [1.54, 1.807) is 0 Å². The van der Waals surface area contributed by atoms with Gasteiger partial charge in [-0.05, 0) is 24.3 Å². The Morgan fingerprint density at radius 2 is 2.15 bits per heavy atom. The molecular weight excluding hydrogens is 367 g/mol. The fourth-order valence-electron chi connectivity index (χ4n) is 2.39. The van der Waals surface area contributed by atoms with Gasteiger partial charge in [0.15, 0.2) is 6.79 Å². The molecule has 0 saturated carbocycles. The van der Waals surface area contributed by atoms with Gasteiger partial charge in [-0.2, -0.15) is 0 Å². The molecule has 134 valence electrons. The van der Waals surface area contributed by atoms with Crippen molar-refractivity contribution >= 4 is 35.0 Å². The summed E-state index contributed by atoms with van der Waals surface area (Å²) >= 11 is 5.66. The average molecular weight is 379 g/mol. The van der Waals surface area contributed by atoms with E-state index in [1.165, 1.54) is 30.3 Å². The standard InChI is InChI=1S/C17H12ClFN2O5/c18-12-2-3-15(14(19)7-12)20-16(22)4-1-10-5-13(21(23)24)6-11-8-25-9-26-17(10)11/h1-7H,8-9H2,(H,20,22). The molecule has 0 aromatic heterocycles. The summed E-state index contributed by atoms with van der Waals surface area (Å²) in [6, 6.07) is 6.49. The van der Waals surface area contributed by atoms with Gasteiger partial charge in [-0.1, -0.05) is 11.6 Å². The quantitative estimate of drug-likeness (QED) is 0.495. The van der Waals surface area contributed by atoms with Crippen molar-refractivity contribution in [1.29, 1.82) is 0 Å². The number of fused-ring (bicyclic) bond motifs is 1. The summed E-state index contributed by atoms with van der Waals surface area (Å²) in [5, 5.41) is 13.6. The van der Waals surface area contributed by atoms with Crippen LogP contribution in [0.4, 0.5) is 15.8 Å². The lowest BCUT2D eigenvalue weighted by Gasteiger charge is -2.19. The highest BCUT2D eigenvalue weighted by Gasteiger charge is 2.19. The molecule has 1 heterocycles. The van der Waals surface area contributed by atoms with E-state index in [1.807, 2.05) is 0 Å². The first kappa shape index (κ1) is 17.8. The zero-order valence-electron chi connectivity index (χ0n) is 13.2. The van der Waals surface area contributed by atoms with E-state index in [4.69, 9.17) is 21.1 Å². The molecule has 1 amide bonds. The van der Waals surface area contributed by atoms with E-state index in [0.717, 1.165) is 12.1 Å². The van der Waals surface area contributed by atoms with Crippen LogP contribution in [0, 0.1) is 15.9 Å². The number of benzene rings is 2. The third-order valence-electron chi connectivity index (χ3n) is 3.54. The number of nitro benzene ring substituents is 1. The van der Waals surface area contributed by atoms with Crippen molar-refractivity contribution < 1.29 is 23.6 Å². The molecule has 3 rings (SSSR count). The van der Waals surface area contributed by atoms with Gasteiger partial charge in [0.25, 0.3) is 5.69 Å². The number of nitro groups is 1. The first-order valence-electron chi connectivity index (χ1n) is 7.40. The number of nitrogens with zero attached hydrogens (tertiary/aromatic N) is 1. The third-order valence-corrected chi connectivity index (χ3v) is 3.77. The normalized spacial score (nSPS) is 13.2. The maximum absolute atomic E-state index is 13.7. The number of carbonyl (C=O) groups excluding carboxylic acids is 1. The first-order valence-corrected chi connectivity index (χ1v) is 7.78. The number of anilines is 1. The number of amides is 1. The summed E-state index contributed by atoms with van der Waals surface area (Å²) in [5.74, 6) is -0.880. The number of carbonyl (C=O) groups is 1. The van der Waals surface area contributed by atoms with Crippen LogP contribution in [0.2, 0.25) is 5.02 Å². The topological polar surface area (TPSA) is 90.7 Å². The van der Waals surface area contributed by atoms with Crippen LogP contribution in [0.1, 0.15) is 11.1 Å². The predicted octanol–water partition coefficient (Wildman–Crippen LogP) is 3.91. The smallest absolute Gasteiger partial charge is 0.270 e. The second-order valence-electron chi connectivity index (χ2n) is 5.34. The molecule has 9 heteroatoms. The van der Waals surface area contributed by atoms with E-state index < -0.39 is 16.6 Å². The van der Waals surface area contributed by atoms with Gasteiger partial charge in [0.2, 0.25) is 5.91 Å². The van der Waals surface area contributed by atoms with Gasteiger partial charge in [-0.15, -0.1) is 0 Å². The predicted molar refractivity (Wildman–Crippen MR) is 92.5 cm³/mol. The van der Waals surface area contributed by atoms with Gasteiger partial charge in [-0.25, -0.2) is 4.39 Å². The first-order chi connectivity index (χ1) is 12.4. The largest absolute Gasteiger partial charge is 0.467 e. The molecule has 2 aromatic carbocycles. The number of ether oxygens (including phenoxy) is 2. The van der Waals surface area contributed by atoms with E-state index in [-0.39, 0.29) is 29.8 Å². The Kier molecular flexibility index (Phi) is 5.15. The summed E-state index contributed by atoms with van der Waals surface area (Å²) in [7, 11) is 0. The maximum atomic E-state index is 13.7. The highest BCUT2D eigenvalue weighted by atomic mass is 35.5. The Hall–Kier alpha value is -2.97. The SMILES string of the molecule is O=C(C=Cc1cc([N+](=O)[O-])cc2c1OCOC2)Nc1ccc(Cl)cc1F. The maximum Gasteiger partial charge on any atom is 0.270 e.